The van der Waals surface area contributed by atoms with Crippen molar-refractivity contribution in [3.05, 3.63) is 53.0 Å². The van der Waals surface area contributed by atoms with Crippen LogP contribution in [0.25, 0.3) is 0 Å². The van der Waals surface area contributed by atoms with Crippen molar-refractivity contribution in [1.29, 1.82) is 0 Å². The number of rotatable bonds is 3. The number of carbonyl (C=O) groups excluding carboxylic acids is 2. The number of hydrogen-bond donors (Lipinski definition) is 1. The lowest BCUT2D eigenvalue weighted by atomic mass is 9.77. The van der Waals surface area contributed by atoms with Gasteiger partial charge in [-0.25, -0.2) is 4.39 Å². The molecule has 3 aliphatic heterocycles. The maximum atomic E-state index is 13.4. The summed E-state index contributed by atoms with van der Waals surface area (Å²) in [7, 11) is 0. The lowest BCUT2D eigenvalue weighted by molar-refractivity contribution is -0.128. The highest BCUT2D eigenvalue weighted by Crippen LogP contribution is 2.52. The molecule has 2 amide bonds. The third kappa shape index (κ3) is 2.41. The number of benzene rings is 1. The summed E-state index contributed by atoms with van der Waals surface area (Å²) in [6.45, 7) is 2.00. The van der Waals surface area contributed by atoms with Crippen molar-refractivity contribution in [2.75, 3.05) is 16.8 Å². The summed E-state index contributed by atoms with van der Waals surface area (Å²) < 4.78 is 24.5. The van der Waals surface area contributed by atoms with Gasteiger partial charge in [0, 0.05) is 11.8 Å². The largest absolute Gasteiger partial charge is 0.360 e. The van der Waals surface area contributed by atoms with Gasteiger partial charge in [-0.05, 0) is 25.1 Å². The molecule has 0 saturated carbocycles. The summed E-state index contributed by atoms with van der Waals surface area (Å²) in [6, 6.07) is 5.59. The van der Waals surface area contributed by atoms with Crippen molar-refractivity contribution < 1.29 is 23.2 Å². The van der Waals surface area contributed by atoms with E-state index in [1.165, 1.54) is 23.1 Å². The van der Waals surface area contributed by atoms with E-state index in [4.69, 9.17) is 20.9 Å². The molecule has 1 aromatic heterocycles. The molecule has 2 unspecified atom stereocenters. The highest BCUT2D eigenvalue weighted by atomic mass is 35.5. The van der Waals surface area contributed by atoms with Crippen molar-refractivity contribution in [3.8, 4) is 0 Å². The number of halogens is 2. The van der Waals surface area contributed by atoms with Gasteiger partial charge < -0.3 is 14.6 Å². The molecule has 9 heteroatoms. The van der Waals surface area contributed by atoms with E-state index < -0.39 is 29.4 Å². The van der Waals surface area contributed by atoms with Crippen LogP contribution in [0.4, 0.5) is 15.9 Å². The molecule has 4 heterocycles. The number of aromatic nitrogens is 1. The van der Waals surface area contributed by atoms with Crippen molar-refractivity contribution >= 4 is 34.9 Å². The Morgan fingerprint density at radius 1 is 1.43 bits per heavy atom. The highest BCUT2D eigenvalue weighted by molar-refractivity contribution is 6.31. The normalized spacial score (nSPS) is 30.2. The zero-order valence-electron chi connectivity index (χ0n) is 14.7. The number of amides is 2. The maximum Gasteiger partial charge on any atom is 0.235 e. The highest BCUT2D eigenvalue weighted by Gasteiger charge is 2.67. The van der Waals surface area contributed by atoms with Gasteiger partial charge in [0.1, 0.15) is 17.2 Å². The summed E-state index contributed by atoms with van der Waals surface area (Å²) in [4.78, 5) is 27.6. The average molecular weight is 404 g/mol. The van der Waals surface area contributed by atoms with Gasteiger partial charge in [-0.2, -0.15) is 0 Å². The third-order valence-corrected chi connectivity index (χ3v) is 5.77. The van der Waals surface area contributed by atoms with Crippen molar-refractivity contribution in [1.82, 2.24) is 5.16 Å². The van der Waals surface area contributed by atoms with E-state index >= 15 is 0 Å². The van der Waals surface area contributed by atoms with Crippen LogP contribution in [0.15, 0.2) is 40.9 Å². The Morgan fingerprint density at radius 3 is 2.96 bits per heavy atom. The van der Waals surface area contributed by atoms with E-state index in [-0.39, 0.29) is 23.4 Å². The second-order valence-corrected chi connectivity index (χ2v) is 7.65. The predicted octanol–water partition coefficient (Wildman–Crippen LogP) is 2.70. The molecular formula is C19H15ClFN3O4. The van der Waals surface area contributed by atoms with Crippen LogP contribution in [0.1, 0.15) is 5.76 Å². The molecule has 28 heavy (non-hydrogen) atoms. The monoisotopic (exact) mass is 403 g/mol. The van der Waals surface area contributed by atoms with Gasteiger partial charge >= 0.3 is 0 Å². The van der Waals surface area contributed by atoms with Crippen LogP contribution >= 0.6 is 11.6 Å². The minimum Gasteiger partial charge on any atom is -0.360 e. The fraction of sp³-hybridized carbons (Fsp3) is 0.316. The Balaban J connectivity index is 1.43. The Kier molecular flexibility index (Phi) is 3.66. The molecule has 0 aliphatic carbocycles. The lowest BCUT2D eigenvalue weighted by Crippen LogP contribution is -2.41. The van der Waals surface area contributed by atoms with Gasteiger partial charge in [-0.1, -0.05) is 28.9 Å². The van der Waals surface area contributed by atoms with Crippen LogP contribution in [0.2, 0.25) is 5.02 Å². The molecule has 3 aliphatic rings. The number of ether oxygens (including phenoxy) is 1. The summed E-state index contributed by atoms with van der Waals surface area (Å²) in [5.41, 5.74) is -0.511. The van der Waals surface area contributed by atoms with Crippen LogP contribution in [0.5, 0.6) is 0 Å². The van der Waals surface area contributed by atoms with Gasteiger partial charge in [-0.15, -0.1) is 0 Å². The number of aryl methyl sites for hydroxylation is 1. The van der Waals surface area contributed by atoms with Crippen LogP contribution < -0.4 is 10.2 Å². The second-order valence-electron chi connectivity index (χ2n) is 7.24. The first-order chi connectivity index (χ1) is 13.4. The Morgan fingerprint density at radius 2 is 2.25 bits per heavy atom. The molecule has 5 rings (SSSR count). The number of fused-ring (bicyclic) bond motifs is 1. The Hall–Kier alpha value is -2.71. The van der Waals surface area contributed by atoms with Crippen LogP contribution in [0.3, 0.4) is 0 Å². The molecule has 2 bridgehead atoms. The van der Waals surface area contributed by atoms with Gasteiger partial charge in [0.05, 0.1) is 29.5 Å². The summed E-state index contributed by atoms with van der Waals surface area (Å²) in [5.74, 6) is -1.59. The van der Waals surface area contributed by atoms with Gasteiger partial charge in [0.15, 0.2) is 5.82 Å². The minimum absolute atomic E-state index is 0.0946. The van der Waals surface area contributed by atoms with Crippen molar-refractivity contribution in [3.63, 3.8) is 0 Å². The quantitative estimate of drug-likeness (QED) is 0.796. The standard InChI is InChI=1S/C19H15ClFN3O4/c1-9-6-14(23-28-9)24-8-19-5-4-13(27-19)15(16(19)18(24)26)17(25)22-10-2-3-12(21)11(20)7-10/h2-7,13,15-16H,8H2,1H3,(H,22,25)/t13-,15?,16?,19-/m1/s1. The van der Waals surface area contributed by atoms with E-state index in [9.17, 15) is 14.0 Å². The predicted molar refractivity (Wildman–Crippen MR) is 97.4 cm³/mol. The first-order valence-corrected chi connectivity index (χ1v) is 9.13. The second kappa shape index (κ2) is 5.89. The smallest absolute Gasteiger partial charge is 0.235 e. The fourth-order valence-corrected chi connectivity index (χ4v) is 4.45. The van der Waals surface area contributed by atoms with Crippen LogP contribution in [-0.2, 0) is 14.3 Å². The van der Waals surface area contributed by atoms with Crippen LogP contribution in [-0.4, -0.2) is 35.2 Å². The van der Waals surface area contributed by atoms with E-state index in [1.54, 1.807) is 13.0 Å². The topological polar surface area (TPSA) is 84.7 Å². The third-order valence-electron chi connectivity index (χ3n) is 5.48. The molecular weight excluding hydrogens is 389 g/mol. The fourth-order valence-electron chi connectivity index (χ4n) is 4.27. The average Bonchev–Trinajstić information content (AvgIpc) is 3.39. The number of anilines is 2. The zero-order valence-corrected chi connectivity index (χ0v) is 15.4. The maximum absolute atomic E-state index is 13.4. The van der Waals surface area contributed by atoms with Gasteiger partial charge in [0.2, 0.25) is 11.8 Å². The number of nitrogens with one attached hydrogen (secondary N) is 1. The Labute approximate surface area is 164 Å². The molecule has 7 nitrogen and oxygen atoms in total. The first-order valence-electron chi connectivity index (χ1n) is 8.76. The van der Waals surface area contributed by atoms with E-state index in [0.29, 0.717) is 17.3 Å². The zero-order chi connectivity index (χ0) is 19.6. The number of carbonyl (C=O) groups is 2. The summed E-state index contributed by atoms with van der Waals surface area (Å²) in [6.07, 6.45) is 3.17. The van der Waals surface area contributed by atoms with Gasteiger partial charge in [0.25, 0.3) is 0 Å². The first kappa shape index (κ1) is 17.4. The molecule has 4 atom stereocenters. The summed E-state index contributed by atoms with van der Waals surface area (Å²) >= 11 is 5.78. The lowest BCUT2D eigenvalue weighted by Gasteiger charge is -2.23. The van der Waals surface area contributed by atoms with Gasteiger partial charge in [-0.3, -0.25) is 14.5 Å². The SMILES string of the molecule is Cc1cc(N2C[C@@]34C=C[C@@H](O3)C(C(=O)Nc3ccc(F)c(Cl)c3)C4C2=O)no1. The minimum atomic E-state index is -0.864. The number of nitrogens with zero attached hydrogens (tertiary/aromatic N) is 2. The van der Waals surface area contributed by atoms with Crippen molar-refractivity contribution in [2.24, 2.45) is 11.8 Å². The molecule has 1 spiro atoms. The molecule has 1 aromatic carbocycles. The van der Waals surface area contributed by atoms with Crippen LogP contribution in [0, 0.1) is 24.6 Å². The molecule has 2 aromatic rings. The van der Waals surface area contributed by atoms with E-state index in [1.807, 2.05) is 12.2 Å². The molecule has 1 N–H and O–H groups in total. The summed E-state index contributed by atoms with van der Waals surface area (Å²) in [5, 5.41) is 6.53. The Bertz CT molecular complexity index is 1040. The number of hydrogen-bond acceptors (Lipinski definition) is 5. The van der Waals surface area contributed by atoms with Crippen molar-refractivity contribution in [2.45, 2.75) is 18.6 Å². The van der Waals surface area contributed by atoms with E-state index in [0.717, 1.165) is 0 Å². The molecule has 2 saturated heterocycles. The van der Waals surface area contributed by atoms with E-state index in [2.05, 4.69) is 10.5 Å². The molecule has 144 valence electrons. The molecule has 0 radical (unpaired) electrons. The molecule has 2 fully saturated rings.